The molecule has 0 heterocycles. The van der Waals surface area contributed by atoms with E-state index in [1.54, 1.807) is 0 Å². The molecular weight excluding hydrogens is 297 g/mol. The minimum atomic E-state index is -4.98. The molecular formula is C13H6F5NO2. The van der Waals surface area contributed by atoms with Crippen molar-refractivity contribution in [3.8, 4) is 11.1 Å². The molecule has 2 rings (SSSR count). The Kier molecular flexibility index (Phi) is 3.63. The Morgan fingerprint density at radius 1 is 1.05 bits per heavy atom. The Bertz CT molecular complexity index is 712. The van der Waals surface area contributed by atoms with Gasteiger partial charge in [-0.2, -0.15) is 13.2 Å². The number of nitro benzene ring substituents is 1. The van der Waals surface area contributed by atoms with E-state index in [1.807, 2.05) is 0 Å². The van der Waals surface area contributed by atoms with Gasteiger partial charge in [0.25, 0.3) is 5.69 Å². The summed E-state index contributed by atoms with van der Waals surface area (Å²) in [5.74, 6) is -2.54. The minimum Gasteiger partial charge on any atom is -0.258 e. The van der Waals surface area contributed by atoms with Crippen LogP contribution in [0.3, 0.4) is 0 Å². The number of halogens is 5. The number of nitro groups is 1. The molecule has 0 aliphatic heterocycles. The van der Waals surface area contributed by atoms with Crippen LogP contribution in [0.2, 0.25) is 0 Å². The van der Waals surface area contributed by atoms with E-state index in [1.165, 1.54) is 0 Å². The third-order valence-electron chi connectivity index (χ3n) is 2.76. The Balaban J connectivity index is 2.68. The highest BCUT2D eigenvalue weighted by molar-refractivity contribution is 5.67. The largest absolute Gasteiger partial charge is 0.423 e. The van der Waals surface area contributed by atoms with Crippen LogP contribution >= 0.6 is 0 Å². The number of benzene rings is 2. The molecule has 8 heteroatoms. The highest BCUT2D eigenvalue weighted by atomic mass is 19.4. The molecule has 110 valence electrons. The summed E-state index contributed by atoms with van der Waals surface area (Å²) in [7, 11) is 0. The van der Waals surface area contributed by atoms with Crippen LogP contribution < -0.4 is 0 Å². The van der Waals surface area contributed by atoms with Gasteiger partial charge in [-0.05, 0) is 23.8 Å². The molecule has 0 N–H and O–H groups in total. The van der Waals surface area contributed by atoms with Crippen molar-refractivity contribution < 1.29 is 26.9 Å². The van der Waals surface area contributed by atoms with Crippen molar-refractivity contribution in [1.82, 2.24) is 0 Å². The first-order chi connectivity index (χ1) is 9.71. The summed E-state index contributed by atoms with van der Waals surface area (Å²) in [4.78, 5) is 9.42. The standard InChI is InChI=1S/C13H6F5NO2/c14-10-3-1-2-8(12(10)15)7-4-5-11(19(20)21)9(6-7)13(16,17)18/h1-6H. The molecule has 21 heavy (non-hydrogen) atoms. The second kappa shape index (κ2) is 5.12. The van der Waals surface area contributed by atoms with Crippen LogP contribution in [0.25, 0.3) is 11.1 Å². The van der Waals surface area contributed by atoms with Crippen molar-refractivity contribution in [2.45, 2.75) is 6.18 Å². The van der Waals surface area contributed by atoms with E-state index in [4.69, 9.17) is 0 Å². The zero-order valence-corrected chi connectivity index (χ0v) is 10.1. The molecule has 0 unspecified atom stereocenters. The van der Waals surface area contributed by atoms with Crippen molar-refractivity contribution in [2.75, 3.05) is 0 Å². The predicted molar refractivity (Wildman–Crippen MR) is 63.5 cm³/mol. The fraction of sp³-hybridized carbons (Fsp3) is 0.0769. The molecule has 0 atom stereocenters. The first-order valence-corrected chi connectivity index (χ1v) is 5.52. The smallest absolute Gasteiger partial charge is 0.258 e. The van der Waals surface area contributed by atoms with E-state index in [0.29, 0.717) is 12.1 Å². The lowest BCUT2D eigenvalue weighted by Crippen LogP contribution is -2.09. The first kappa shape index (κ1) is 14.9. The van der Waals surface area contributed by atoms with E-state index in [0.717, 1.165) is 24.3 Å². The second-order valence-electron chi connectivity index (χ2n) is 4.09. The summed E-state index contributed by atoms with van der Waals surface area (Å²) in [6.07, 6.45) is -4.98. The van der Waals surface area contributed by atoms with Gasteiger partial charge in [0.2, 0.25) is 0 Å². The quantitative estimate of drug-likeness (QED) is 0.464. The van der Waals surface area contributed by atoms with Gasteiger partial charge in [0.15, 0.2) is 11.6 Å². The molecule has 0 bridgehead atoms. The van der Waals surface area contributed by atoms with E-state index >= 15 is 0 Å². The fourth-order valence-electron chi connectivity index (χ4n) is 1.82. The summed E-state index contributed by atoms with van der Waals surface area (Å²) >= 11 is 0. The molecule has 0 fully saturated rings. The average molecular weight is 303 g/mol. The van der Waals surface area contributed by atoms with Crippen LogP contribution in [-0.4, -0.2) is 4.92 Å². The van der Waals surface area contributed by atoms with Crippen LogP contribution in [0.15, 0.2) is 36.4 Å². The SMILES string of the molecule is O=[N+]([O-])c1ccc(-c2cccc(F)c2F)cc1C(F)(F)F. The maximum Gasteiger partial charge on any atom is 0.423 e. The highest BCUT2D eigenvalue weighted by Crippen LogP contribution is 2.39. The Hall–Kier alpha value is -2.51. The molecule has 0 amide bonds. The van der Waals surface area contributed by atoms with Gasteiger partial charge in [0, 0.05) is 11.6 Å². The lowest BCUT2D eigenvalue weighted by Gasteiger charge is -2.10. The van der Waals surface area contributed by atoms with Crippen molar-refractivity contribution in [3.05, 3.63) is 63.7 Å². The number of hydrogen-bond donors (Lipinski definition) is 0. The van der Waals surface area contributed by atoms with Crippen LogP contribution in [0.1, 0.15) is 5.56 Å². The molecule has 0 spiro atoms. The fourth-order valence-corrected chi connectivity index (χ4v) is 1.82. The van der Waals surface area contributed by atoms with Gasteiger partial charge in [-0.3, -0.25) is 10.1 Å². The second-order valence-corrected chi connectivity index (χ2v) is 4.09. The Morgan fingerprint density at radius 3 is 2.29 bits per heavy atom. The topological polar surface area (TPSA) is 43.1 Å². The summed E-state index contributed by atoms with van der Waals surface area (Å²) in [5.41, 5.74) is -3.38. The maximum atomic E-state index is 13.6. The molecule has 0 saturated heterocycles. The van der Waals surface area contributed by atoms with E-state index in [9.17, 15) is 32.1 Å². The molecule has 0 aliphatic rings. The van der Waals surface area contributed by atoms with E-state index in [2.05, 4.69) is 0 Å². The highest BCUT2D eigenvalue weighted by Gasteiger charge is 2.38. The third kappa shape index (κ3) is 2.83. The van der Waals surface area contributed by atoms with Gasteiger partial charge in [-0.15, -0.1) is 0 Å². The summed E-state index contributed by atoms with van der Waals surface area (Å²) < 4.78 is 65.1. The van der Waals surface area contributed by atoms with Crippen molar-refractivity contribution in [2.24, 2.45) is 0 Å². The average Bonchev–Trinajstić information content (AvgIpc) is 2.40. The third-order valence-corrected chi connectivity index (χ3v) is 2.76. The number of rotatable bonds is 2. The van der Waals surface area contributed by atoms with Crippen LogP contribution in [0.4, 0.5) is 27.6 Å². The molecule has 2 aromatic carbocycles. The number of alkyl halides is 3. The zero-order valence-electron chi connectivity index (χ0n) is 10.1. The molecule has 0 aliphatic carbocycles. The van der Waals surface area contributed by atoms with Crippen LogP contribution in [0.5, 0.6) is 0 Å². The zero-order chi connectivity index (χ0) is 15.8. The molecule has 2 aromatic rings. The van der Waals surface area contributed by atoms with Crippen molar-refractivity contribution >= 4 is 5.69 Å². The number of hydrogen-bond acceptors (Lipinski definition) is 2. The van der Waals surface area contributed by atoms with Gasteiger partial charge in [0.05, 0.1) is 4.92 Å². The molecule has 0 radical (unpaired) electrons. The normalized spacial score (nSPS) is 11.5. The number of nitrogens with zero attached hydrogens (tertiary/aromatic N) is 1. The van der Waals surface area contributed by atoms with Crippen molar-refractivity contribution in [1.29, 1.82) is 0 Å². The van der Waals surface area contributed by atoms with Gasteiger partial charge in [-0.25, -0.2) is 8.78 Å². The molecule has 3 nitrogen and oxygen atoms in total. The lowest BCUT2D eigenvalue weighted by molar-refractivity contribution is -0.388. The molecule has 0 saturated carbocycles. The molecule has 0 aromatic heterocycles. The van der Waals surface area contributed by atoms with E-state index in [-0.39, 0.29) is 5.56 Å². The summed E-state index contributed by atoms with van der Waals surface area (Å²) in [6, 6.07) is 5.00. The Morgan fingerprint density at radius 2 is 1.71 bits per heavy atom. The van der Waals surface area contributed by atoms with Gasteiger partial charge in [-0.1, -0.05) is 12.1 Å². The summed E-state index contributed by atoms with van der Waals surface area (Å²) in [6.45, 7) is 0. The Labute approximate surface area is 114 Å². The van der Waals surface area contributed by atoms with Crippen molar-refractivity contribution in [3.63, 3.8) is 0 Å². The van der Waals surface area contributed by atoms with Gasteiger partial charge >= 0.3 is 6.18 Å². The van der Waals surface area contributed by atoms with E-state index < -0.39 is 39.5 Å². The van der Waals surface area contributed by atoms with Gasteiger partial charge in [0.1, 0.15) is 5.56 Å². The minimum absolute atomic E-state index is 0.301. The lowest BCUT2D eigenvalue weighted by atomic mass is 10.0. The van der Waals surface area contributed by atoms with Crippen LogP contribution in [-0.2, 0) is 6.18 Å². The van der Waals surface area contributed by atoms with Crippen LogP contribution in [0, 0.1) is 21.7 Å². The van der Waals surface area contributed by atoms with Gasteiger partial charge < -0.3 is 0 Å². The predicted octanol–water partition coefficient (Wildman–Crippen LogP) is 4.56. The monoisotopic (exact) mass is 303 g/mol. The maximum absolute atomic E-state index is 13.6. The summed E-state index contributed by atoms with van der Waals surface area (Å²) in [5, 5.41) is 10.6. The first-order valence-electron chi connectivity index (χ1n) is 5.52.